The van der Waals surface area contributed by atoms with Crippen LogP contribution < -0.4 is 24.3 Å². The van der Waals surface area contributed by atoms with E-state index < -0.39 is 23.1 Å². The average Bonchev–Trinajstić information content (AvgIpc) is 2.89. The minimum atomic E-state index is -0.650. The number of carbonyl (C=O) groups excluding carboxylic acids is 1. The summed E-state index contributed by atoms with van der Waals surface area (Å²) >= 11 is 3.18. The number of aromatic hydroxyl groups is 3. The zero-order valence-corrected chi connectivity index (χ0v) is 22.4. The van der Waals surface area contributed by atoms with Crippen LogP contribution in [0.4, 0.5) is 10.1 Å². The number of hydrogen-bond donors (Lipinski definition) is 4. The fourth-order valence-corrected chi connectivity index (χ4v) is 4.21. The molecule has 3 aromatic carbocycles. The van der Waals surface area contributed by atoms with Crippen molar-refractivity contribution in [1.29, 1.82) is 0 Å². The Morgan fingerprint density at radius 2 is 1.47 bits per heavy atom. The number of nitrogens with one attached hydrogen (secondary N) is 1. The fraction of sp³-hybridized carbons (Fsp3) is 0.148. The van der Waals surface area contributed by atoms with Gasteiger partial charge in [-0.05, 0) is 57.4 Å². The van der Waals surface area contributed by atoms with E-state index in [4.69, 9.17) is 18.9 Å². The Balaban J connectivity index is 1.87. The molecule has 0 heterocycles. The first-order valence-electron chi connectivity index (χ1n) is 10.9. The highest BCUT2D eigenvalue weighted by molar-refractivity contribution is 9.10. The summed E-state index contributed by atoms with van der Waals surface area (Å²) in [6, 6.07) is 7.07. The molecule has 0 unspecified atom stereocenters. The van der Waals surface area contributed by atoms with Crippen molar-refractivity contribution < 1.29 is 43.5 Å². The van der Waals surface area contributed by atoms with Gasteiger partial charge in [0.2, 0.25) is 11.5 Å². The van der Waals surface area contributed by atoms with Crippen molar-refractivity contribution >= 4 is 39.6 Å². The number of ketones is 1. The maximum atomic E-state index is 14.7. The number of methoxy groups -OCH3 is 4. The lowest BCUT2D eigenvalue weighted by molar-refractivity contribution is 0.104. The van der Waals surface area contributed by atoms with Crippen molar-refractivity contribution in [3.8, 4) is 40.2 Å². The number of benzene rings is 3. The van der Waals surface area contributed by atoms with Crippen LogP contribution in [0.25, 0.3) is 12.2 Å². The Labute approximate surface area is 226 Å². The molecule has 0 spiro atoms. The summed E-state index contributed by atoms with van der Waals surface area (Å²) in [5.41, 5.74) is 1.30. The lowest BCUT2D eigenvalue weighted by Gasteiger charge is -2.12. The molecule has 0 fully saturated rings. The van der Waals surface area contributed by atoms with Gasteiger partial charge >= 0.3 is 0 Å². The SMILES string of the molecule is COc1cc(/C=C\c2cc(F)c(OC)c(N/C=C\C(=O)c3cc(O)c(O)c(OC)c3Br)c2)cc(O)c1OC. The average molecular weight is 590 g/mol. The molecule has 0 aliphatic carbocycles. The topological polar surface area (TPSA) is 127 Å². The number of rotatable bonds is 10. The number of allylic oxidation sites excluding steroid dienone is 1. The molecular formula is C27H25BrFNO8. The molecule has 0 saturated heterocycles. The van der Waals surface area contributed by atoms with E-state index in [1.807, 2.05) is 0 Å². The minimum Gasteiger partial charge on any atom is -0.504 e. The van der Waals surface area contributed by atoms with Crippen LogP contribution in [-0.4, -0.2) is 49.5 Å². The van der Waals surface area contributed by atoms with E-state index >= 15 is 0 Å². The number of halogens is 2. The molecule has 0 saturated carbocycles. The predicted octanol–water partition coefficient (Wildman–Crippen LogP) is 5.72. The quantitative estimate of drug-likeness (QED) is 0.102. The zero-order valence-electron chi connectivity index (χ0n) is 20.8. The van der Waals surface area contributed by atoms with Crippen LogP contribution in [0.3, 0.4) is 0 Å². The molecule has 0 aliphatic heterocycles. The van der Waals surface area contributed by atoms with Crippen LogP contribution in [0.1, 0.15) is 21.5 Å². The molecule has 0 amide bonds. The van der Waals surface area contributed by atoms with Gasteiger partial charge < -0.3 is 39.6 Å². The summed E-state index contributed by atoms with van der Waals surface area (Å²) < 4.78 is 35.4. The molecule has 4 N–H and O–H groups in total. The molecule has 0 bridgehead atoms. The summed E-state index contributed by atoms with van der Waals surface area (Å²) in [4.78, 5) is 12.7. The van der Waals surface area contributed by atoms with Crippen LogP contribution in [0.15, 0.2) is 47.1 Å². The second-order valence-corrected chi connectivity index (χ2v) is 8.47. The van der Waals surface area contributed by atoms with E-state index in [2.05, 4.69) is 21.2 Å². The first-order valence-corrected chi connectivity index (χ1v) is 11.7. The number of hydrogen-bond acceptors (Lipinski definition) is 9. The summed E-state index contributed by atoms with van der Waals surface area (Å²) in [6.45, 7) is 0. The molecule has 3 aromatic rings. The van der Waals surface area contributed by atoms with Crippen molar-refractivity contribution in [3.63, 3.8) is 0 Å². The summed E-state index contributed by atoms with van der Waals surface area (Å²) in [5.74, 6) is -1.99. The molecule has 11 heteroatoms. The van der Waals surface area contributed by atoms with E-state index in [0.717, 1.165) is 12.1 Å². The molecule has 9 nitrogen and oxygen atoms in total. The van der Waals surface area contributed by atoms with E-state index in [-0.39, 0.29) is 38.7 Å². The Kier molecular flexibility index (Phi) is 9.08. The van der Waals surface area contributed by atoms with E-state index in [1.165, 1.54) is 46.8 Å². The standard InChI is InChI=1S/C27H25BrFNO8/c1-35-22-12-15(11-21(33)26(22)37-3)6-5-14-9-17(29)25(36-2)18(10-14)30-8-7-19(31)16-13-20(32)24(34)27(38-4)23(16)28/h5-13,30,32-34H,1-4H3/b6-5-,8-7-. The summed E-state index contributed by atoms with van der Waals surface area (Å²) in [7, 11) is 5.44. The smallest absolute Gasteiger partial charge is 0.203 e. The Morgan fingerprint density at radius 1 is 0.842 bits per heavy atom. The monoisotopic (exact) mass is 589 g/mol. The predicted molar refractivity (Wildman–Crippen MR) is 144 cm³/mol. The van der Waals surface area contributed by atoms with Crippen molar-refractivity contribution in [2.75, 3.05) is 33.8 Å². The Morgan fingerprint density at radius 3 is 2.08 bits per heavy atom. The van der Waals surface area contributed by atoms with Gasteiger partial charge in [0, 0.05) is 17.8 Å². The number of anilines is 1. The Bertz CT molecular complexity index is 1420. The van der Waals surface area contributed by atoms with Gasteiger partial charge in [-0.1, -0.05) is 12.2 Å². The highest BCUT2D eigenvalue weighted by Gasteiger charge is 2.20. The van der Waals surface area contributed by atoms with Gasteiger partial charge in [-0.3, -0.25) is 4.79 Å². The number of phenols is 3. The van der Waals surface area contributed by atoms with Gasteiger partial charge in [0.15, 0.2) is 40.3 Å². The van der Waals surface area contributed by atoms with Gasteiger partial charge in [-0.15, -0.1) is 0 Å². The highest BCUT2D eigenvalue weighted by Crippen LogP contribution is 2.43. The maximum Gasteiger partial charge on any atom is 0.203 e. The van der Waals surface area contributed by atoms with E-state index in [1.54, 1.807) is 24.3 Å². The van der Waals surface area contributed by atoms with Crippen molar-refractivity contribution in [2.24, 2.45) is 0 Å². The van der Waals surface area contributed by atoms with Gasteiger partial charge in [-0.2, -0.15) is 0 Å². The minimum absolute atomic E-state index is 0.0307. The third kappa shape index (κ3) is 5.94. The van der Waals surface area contributed by atoms with Crippen LogP contribution in [0.2, 0.25) is 0 Å². The lowest BCUT2D eigenvalue weighted by Crippen LogP contribution is -2.01. The molecule has 200 valence electrons. The molecule has 3 rings (SSSR count). The van der Waals surface area contributed by atoms with Gasteiger partial charge in [0.1, 0.15) is 0 Å². The van der Waals surface area contributed by atoms with Crippen LogP contribution in [0, 0.1) is 5.82 Å². The summed E-state index contributed by atoms with van der Waals surface area (Å²) in [5, 5.41) is 32.7. The molecule has 0 aliphatic rings. The second kappa shape index (κ2) is 12.2. The second-order valence-electron chi connectivity index (χ2n) is 7.67. The fourth-order valence-electron chi connectivity index (χ4n) is 3.55. The largest absolute Gasteiger partial charge is 0.504 e. The number of ether oxygens (including phenoxy) is 4. The number of carbonyl (C=O) groups is 1. The molecule has 0 aromatic heterocycles. The molecule has 0 atom stereocenters. The van der Waals surface area contributed by atoms with Crippen molar-refractivity contribution in [2.45, 2.75) is 0 Å². The highest BCUT2D eigenvalue weighted by atomic mass is 79.9. The number of phenolic OH excluding ortho intramolecular Hbond substituents is 3. The summed E-state index contributed by atoms with van der Waals surface area (Å²) in [6.07, 6.45) is 5.70. The first kappa shape index (κ1) is 28.2. The third-order valence-electron chi connectivity index (χ3n) is 5.34. The normalized spacial score (nSPS) is 11.1. The van der Waals surface area contributed by atoms with E-state index in [9.17, 15) is 24.5 Å². The molecule has 0 radical (unpaired) electrons. The Hall–Kier alpha value is -4.38. The zero-order chi connectivity index (χ0) is 28.0. The van der Waals surface area contributed by atoms with Crippen LogP contribution in [0.5, 0.6) is 40.2 Å². The van der Waals surface area contributed by atoms with E-state index in [0.29, 0.717) is 16.9 Å². The third-order valence-corrected chi connectivity index (χ3v) is 6.12. The van der Waals surface area contributed by atoms with Crippen molar-refractivity contribution in [1.82, 2.24) is 0 Å². The van der Waals surface area contributed by atoms with Gasteiger partial charge in [-0.25, -0.2) is 4.39 Å². The van der Waals surface area contributed by atoms with Crippen LogP contribution >= 0.6 is 15.9 Å². The molecular weight excluding hydrogens is 565 g/mol. The lowest BCUT2D eigenvalue weighted by atomic mass is 10.1. The van der Waals surface area contributed by atoms with Gasteiger partial charge in [0.25, 0.3) is 0 Å². The first-order chi connectivity index (χ1) is 18.1. The molecule has 38 heavy (non-hydrogen) atoms. The van der Waals surface area contributed by atoms with Crippen LogP contribution in [-0.2, 0) is 0 Å². The van der Waals surface area contributed by atoms with Crippen molar-refractivity contribution in [3.05, 3.63) is 69.6 Å². The van der Waals surface area contributed by atoms with Gasteiger partial charge in [0.05, 0.1) is 38.6 Å². The maximum absolute atomic E-state index is 14.7.